The van der Waals surface area contributed by atoms with Crippen LogP contribution in [0.4, 0.5) is 0 Å². The van der Waals surface area contributed by atoms with Crippen LogP contribution in [0.3, 0.4) is 0 Å². The van der Waals surface area contributed by atoms with Crippen LogP contribution in [0.5, 0.6) is 0 Å². The molecule has 0 fully saturated rings. The monoisotopic (exact) mass is 200 g/mol. The molecule has 0 aromatic heterocycles. The predicted molar refractivity (Wildman–Crippen MR) is 36.4 cm³/mol. The summed E-state index contributed by atoms with van der Waals surface area (Å²) in [6.07, 6.45) is 0. The van der Waals surface area contributed by atoms with E-state index in [2.05, 4.69) is 0 Å². The van der Waals surface area contributed by atoms with Gasteiger partial charge in [0, 0.05) is 0 Å². The summed E-state index contributed by atoms with van der Waals surface area (Å²) in [5, 5.41) is 0. The topological polar surface area (TPSA) is 162 Å². The molecule has 0 rings (SSSR count). The van der Waals surface area contributed by atoms with E-state index in [-0.39, 0.29) is 18.9 Å². The Morgan fingerprint density at radius 1 is 0.455 bits per heavy atom. The Bertz CT molecular complexity index is 55.1. The van der Waals surface area contributed by atoms with Gasteiger partial charge in [-0.05, 0) is 0 Å². The molecule has 11 heavy (non-hydrogen) atoms. The average molecular weight is 200 g/mol. The second kappa shape index (κ2) is 6.25. The van der Waals surface area contributed by atoms with Gasteiger partial charge in [-0.15, -0.1) is 0 Å². The number of rotatable bonds is 0. The molecule has 0 atom stereocenters. The Labute approximate surface area is 75.8 Å². The fourth-order valence-electron chi connectivity index (χ4n) is 0. The summed E-state index contributed by atoms with van der Waals surface area (Å²) in [7, 11) is -9.22. The van der Waals surface area contributed by atoms with Crippen molar-refractivity contribution in [2.75, 3.05) is 0 Å². The molecule has 11 heteroatoms. The molecule has 0 aliphatic rings. The number of hydrogen-bond donors (Lipinski definition) is 8. The maximum absolute atomic E-state index is 7.33. The van der Waals surface area contributed by atoms with Gasteiger partial charge in [-0.1, -0.05) is 0 Å². The van der Waals surface area contributed by atoms with Crippen LogP contribution in [0.15, 0.2) is 0 Å². The van der Waals surface area contributed by atoms with Crippen LogP contribution in [0.1, 0.15) is 0 Å². The molecule has 0 radical (unpaired) electrons. The van der Waals surface area contributed by atoms with Crippen molar-refractivity contribution in [1.29, 1.82) is 0 Å². The normalized spacial score (nSPS) is 10.9. The molecule has 0 heterocycles. The van der Waals surface area contributed by atoms with E-state index in [9.17, 15) is 0 Å². The van der Waals surface area contributed by atoms with Crippen molar-refractivity contribution >= 4 is 37.0 Å². The van der Waals surface area contributed by atoms with Gasteiger partial charge in [0.2, 0.25) is 0 Å². The molecule has 0 unspecified atom stereocenters. The molecule has 0 saturated carbocycles. The van der Waals surface area contributed by atoms with Crippen LogP contribution >= 0.6 is 0 Å². The van der Waals surface area contributed by atoms with Crippen molar-refractivity contribution in [1.82, 2.24) is 0 Å². The van der Waals surface area contributed by atoms with Gasteiger partial charge >= 0.3 is 37.0 Å². The van der Waals surface area contributed by atoms with E-state index >= 15 is 0 Å². The van der Waals surface area contributed by atoms with Crippen LogP contribution in [0, 0.1) is 0 Å². The van der Waals surface area contributed by atoms with Crippen molar-refractivity contribution < 1.29 is 38.4 Å². The Morgan fingerprint density at radius 3 is 0.455 bits per heavy atom. The first-order valence-corrected chi connectivity index (χ1v) is 5.37. The second-order valence-corrected chi connectivity index (χ2v) is 3.60. The second-order valence-electron chi connectivity index (χ2n) is 1.20. The fourth-order valence-corrected chi connectivity index (χ4v) is 0. The van der Waals surface area contributed by atoms with E-state index in [1.54, 1.807) is 0 Å². The summed E-state index contributed by atoms with van der Waals surface area (Å²) in [5.74, 6) is 0. The van der Waals surface area contributed by atoms with Gasteiger partial charge in [0.05, 0.1) is 0 Å². The summed E-state index contributed by atoms with van der Waals surface area (Å²) < 4.78 is 0. The van der Waals surface area contributed by atoms with Crippen LogP contribution in [-0.4, -0.2) is 75.3 Å². The Kier molecular flexibility index (Phi) is 10.1. The van der Waals surface area contributed by atoms with Gasteiger partial charge in [0.1, 0.15) is 0 Å². The molecule has 0 spiro atoms. The first-order valence-electron chi connectivity index (χ1n) is 1.79. The first-order chi connectivity index (χ1) is 4.00. The zero-order valence-corrected chi connectivity index (χ0v) is 6.58. The maximum atomic E-state index is 7.33. The van der Waals surface area contributed by atoms with E-state index < -0.39 is 18.1 Å². The SMILES string of the molecule is O[Si](O)(O)O.O[Si](O)(O)O.[LiH]. The van der Waals surface area contributed by atoms with E-state index in [0.29, 0.717) is 0 Å². The van der Waals surface area contributed by atoms with Crippen molar-refractivity contribution in [2.24, 2.45) is 0 Å². The Balaban J connectivity index is -0.000000107. The molecular formula is H9LiO8Si2. The molecule has 0 amide bonds. The first kappa shape index (κ1) is 17.7. The van der Waals surface area contributed by atoms with Crippen molar-refractivity contribution in [3.05, 3.63) is 0 Å². The minimum atomic E-state index is -4.61. The molecule has 0 aliphatic carbocycles. The third-order valence-corrected chi connectivity index (χ3v) is 0. The quantitative estimate of drug-likeness (QED) is 0.179. The van der Waals surface area contributed by atoms with E-state index in [1.165, 1.54) is 0 Å². The van der Waals surface area contributed by atoms with Gasteiger partial charge in [0.15, 0.2) is 0 Å². The molecule has 0 bridgehead atoms. The molecule has 0 aliphatic heterocycles. The molecule has 66 valence electrons. The van der Waals surface area contributed by atoms with Gasteiger partial charge in [-0.2, -0.15) is 0 Å². The molecular weight excluding hydrogens is 191 g/mol. The van der Waals surface area contributed by atoms with Gasteiger partial charge < -0.3 is 38.4 Å². The van der Waals surface area contributed by atoms with Gasteiger partial charge in [0.25, 0.3) is 0 Å². The third-order valence-electron chi connectivity index (χ3n) is 0. The summed E-state index contributed by atoms with van der Waals surface area (Å²) in [6.45, 7) is 0. The zero-order valence-electron chi connectivity index (χ0n) is 4.58. The van der Waals surface area contributed by atoms with Crippen molar-refractivity contribution in [3.8, 4) is 0 Å². The van der Waals surface area contributed by atoms with Gasteiger partial charge in [-0.25, -0.2) is 0 Å². The average Bonchev–Trinajstić information content (AvgIpc) is 1.12. The molecule has 8 nitrogen and oxygen atoms in total. The van der Waals surface area contributed by atoms with Crippen LogP contribution in [0.25, 0.3) is 0 Å². The Hall–Kier alpha value is 0.711. The van der Waals surface area contributed by atoms with E-state index in [4.69, 9.17) is 38.4 Å². The van der Waals surface area contributed by atoms with Crippen LogP contribution in [-0.2, 0) is 0 Å². The molecule has 0 aromatic carbocycles. The Morgan fingerprint density at radius 2 is 0.455 bits per heavy atom. The van der Waals surface area contributed by atoms with Crippen LogP contribution < -0.4 is 0 Å². The fraction of sp³-hybridized carbons (Fsp3) is 0. The summed E-state index contributed by atoms with van der Waals surface area (Å²) in [6, 6.07) is 0. The summed E-state index contributed by atoms with van der Waals surface area (Å²) in [4.78, 5) is 58.6. The third kappa shape index (κ3) is 1610. The van der Waals surface area contributed by atoms with E-state index in [1.807, 2.05) is 0 Å². The van der Waals surface area contributed by atoms with Gasteiger partial charge in [-0.3, -0.25) is 0 Å². The summed E-state index contributed by atoms with van der Waals surface area (Å²) in [5.41, 5.74) is 0. The molecule has 8 N–H and O–H groups in total. The standard InChI is InChI=1S/Li.2H4O4Si.H/c;2*1-5(2,3)4;/h;2*1-4H;. The van der Waals surface area contributed by atoms with E-state index in [0.717, 1.165) is 0 Å². The molecule has 0 saturated heterocycles. The minimum absolute atomic E-state index is 0. The van der Waals surface area contributed by atoms with Crippen LogP contribution in [0.2, 0.25) is 0 Å². The zero-order chi connectivity index (χ0) is 9.00. The van der Waals surface area contributed by atoms with Crippen molar-refractivity contribution in [3.63, 3.8) is 0 Å². The van der Waals surface area contributed by atoms with Crippen molar-refractivity contribution in [2.45, 2.75) is 0 Å². The predicted octanol–water partition coefficient (Wildman–Crippen LogP) is -5.87. The molecule has 0 aromatic rings. The number of hydrogen-bond acceptors (Lipinski definition) is 8. The summed E-state index contributed by atoms with van der Waals surface area (Å²) >= 11 is 0.